The number of aromatic nitrogens is 3. The molecule has 0 radical (unpaired) electrons. The lowest BCUT2D eigenvalue weighted by Crippen LogP contribution is -2.40. The van der Waals surface area contributed by atoms with Gasteiger partial charge in [-0.3, -0.25) is 9.78 Å². The zero-order chi connectivity index (χ0) is 22.8. The molecule has 0 fully saturated rings. The highest BCUT2D eigenvalue weighted by molar-refractivity contribution is 9.10. The van der Waals surface area contributed by atoms with Crippen molar-refractivity contribution in [1.29, 1.82) is 5.26 Å². The Bertz CT molecular complexity index is 1210. The van der Waals surface area contributed by atoms with E-state index in [9.17, 15) is 10.1 Å². The number of imidazole rings is 1. The van der Waals surface area contributed by atoms with E-state index in [1.165, 1.54) is 6.20 Å². The van der Waals surface area contributed by atoms with E-state index in [4.69, 9.17) is 4.74 Å². The number of carbonyl (C=O) groups excluding carboxylic acids is 1. The zero-order valence-corrected chi connectivity index (χ0v) is 19.9. The molecular weight excluding hydrogens is 470 g/mol. The molecule has 4 rings (SSSR count). The van der Waals surface area contributed by atoms with Gasteiger partial charge in [-0.15, -0.1) is 0 Å². The molecule has 1 atom stereocenters. The topological polar surface area (TPSA) is 84.0 Å². The number of aryl methyl sites for hydroxylation is 1. The van der Waals surface area contributed by atoms with Crippen molar-refractivity contribution in [2.24, 2.45) is 0 Å². The van der Waals surface area contributed by atoms with Gasteiger partial charge in [-0.25, -0.2) is 4.98 Å². The molecule has 164 valence electrons. The van der Waals surface area contributed by atoms with Gasteiger partial charge in [-0.2, -0.15) is 5.26 Å². The Balaban J connectivity index is 1.63. The Labute approximate surface area is 195 Å². The first-order valence-electron chi connectivity index (χ1n) is 10.6. The van der Waals surface area contributed by atoms with E-state index < -0.39 is 0 Å². The Kier molecular flexibility index (Phi) is 6.28. The van der Waals surface area contributed by atoms with Crippen molar-refractivity contribution in [3.05, 3.63) is 75.0 Å². The molecule has 3 heterocycles. The average molecular weight is 494 g/mol. The van der Waals surface area contributed by atoms with E-state index in [2.05, 4.69) is 42.6 Å². The van der Waals surface area contributed by atoms with Crippen LogP contribution in [0, 0.1) is 18.3 Å². The summed E-state index contributed by atoms with van der Waals surface area (Å²) in [5.74, 6) is 1.41. The first-order chi connectivity index (χ1) is 15.4. The third-order valence-corrected chi connectivity index (χ3v) is 6.54. The lowest BCUT2D eigenvalue weighted by atomic mass is 9.95. The summed E-state index contributed by atoms with van der Waals surface area (Å²) in [5.41, 5.74) is 3.88. The number of nitrogens with zero attached hydrogens (tertiary/aromatic N) is 5. The van der Waals surface area contributed by atoms with Gasteiger partial charge in [0.25, 0.3) is 5.91 Å². The van der Waals surface area contributed by atoms with E-state index in [0.29, 0.717) is 42.3 Å². The molecule has 0 bridgehead atoms. The molecule has 1 aliphatic rings. The van der Waals surface area contributed by atoms with Crippen LogP contribution in [0.3, 0.4) is 0 Å². The van der Waals surface area contributed by atoms with Crippen molar-refractivity contribution in [2.45, 2.75) is 39.8 Å². The molecule has 32 heavy (non-hydrogen) atoms. The second-order valence-corrected chi connectivity index (χ2v) is 8.64. The standard InChI is InChI=1S/C24H24BrN5O2/c1-4-32-23-11-22(28-13-18(23)12-26)15(2)30-7-5-19-20(24(30)31)9-17(10-21(19)25)14-29-8-6-27-16(29)3/h6,8-11,13,15H,4-5,7,14H2,1-3H3. The van der Waals surface area contributed by atoms with Gasteiger partial charge in [0.15, 0.2) is 0 Å². The maximum absolute atomic E-state index is 13.5. The van der Waals surface area contributed by atoms with Gasteiger partial charge >= 0.3 is 0 Å². The van der Waals surface area contributed by atoms with E-state index in [-0.39, 0.29) is 11.9 Å². The van der Waals surface area contributed by atoms with E-state index >= 15 is 0 Å². The van der Waals surface area contributed by atoms with Crippen LogP contribution in [0.15, 0.2) is 41.3 Å². The fourth-order valence-electron chi connectivity index (χ4n) is 4.05. The largest absolute Gasteiger partial charge is 0.492 e. The van der Waals surface area contributed by atoms with Crippen LogP contribution in [0.1, 0.15) is 58.5 Å². The van der Waals surface area contributed by atoms with Gasteiger partial charge in [0.2, 0.25) is 0 Å². The average Bonchev–Trinajstić information content (AvgIpc) is 3.18. The summed E-state index contributed by atoms with van der Waals surface area (Å²) in [5, 5.41) is 9.29. The monoisotopic (exact) mass is 493 g/mol. The van der Waals surface area contributed by atoms with Gasteiger partial charge in [-0.05, 0) is 50.5 Å². The highest BCUT2D eigenvalue weighted by atomic mass is 79.9. The fourth-order valence-corrected chi connectivity index (χ4v) is 4.76. The van der Waals surface area contributed by atoms with Crippen LogP contribution >= 0.6 is 15.9 Å². The maximum Gasteiger partial charge on any atom is 0.254 e. The van der Waals surface area contributed by atoms with E-state index in [1.807, 2.05) is 37.9 Å². The van der Waals surface area contributed by atoms with Crippen molar-refractivity contribution >= 4 is 21.8 Å². The summed E-state index contributed by atoms with van der Waals surface area (Å²) < 4.78 is 8.61. The number of hydrogen-bond acceptors (Lipinski definition) is 5. The quantitative estimate of drug-likeness (QED) is 0.507. The van der Waals surface area contributed by atoms with E-state index in [0.717, 1.165) is 27.8 Å². The first kappa shape index (κ1) is 22.0. The Hall–Kier alpha value is -3.18. The fraction of sp³-hybridized carbons (Fsp3) is 0.333. The van der Waals surface area contributed by atoms with Gasteiger partial charge in [0.05, 0.1) is 18.3 Å². The van der Waals surface area contributed by atoms with Gasteiger partial charge in [-0.1, -0.05) is 15.9 Å². The Morgan fingerprint density at radius 2 is 2.12 bits per heavy atom. The van der Waals surface area contributed by atoms with Crippen LogP contribution in [-0.4, -0.2) is 38.5 Å². The minimum Gasteiger partial charge on any atom is -0.492 e. The number of fused-ring (bicyclic) bond motifs is 1. The van der Waals surface area contributed by atoms with Crippen LogP contribution in [0.4, 0.5) is 0 Å². The predicted molar refractivity (Wildman–Crippen MR) is 123 cm³/mol. The second kappa shape index (κ2) is 9.13. The van der Waals surface area contributed by atoms with Crippen LogP contribution in [0.5, 0.6) is 5.75 Å². The molecule has 1 aliphatic heterocycles. The second-order valence-electron chi connectivity index (χ2n) is 7.78. The molecule has 8 heteroatoms. The van der Waals surface area contributed by atoms with Gasteiger partial charge < -0.3 is 14.2 Å². The summed E-state index contributed by atoms with van der Waals surface area (Å²) in [6, 6.07) is 7.69. The van der Waals surface area contributed by atoms with Gasteiger partial charge in [0, 0.05) is 47.8 Å². The SMILES string of the molecule is CCOc1cc(C(C)N2CCc3c(Br)cc(Cn4ccnc4C)cc3C2=O)ncc1C#N. The minimum atomic E-state index is -0.249. The van der Waals surface area contributed by atoms with Crippen molar-refractivity contribution in [2.75, 3.05) is 13.2 Å². The van der Waals surface area contributed by atoms with Crippen LogP contribution in [0.2, 0.25) is 0 Å². The number of amides is 1. The van der Waals surface area contributed by atoms with E-state index in [1.54, 1.807) is 12.3 Å². The molecule has 0 saturated carbocycles. The number of carbonyl (C=O) groups is 1. The number of ether oxygens (including phenoxy) is 1. The number of rotatable bonds is 6. The molecule has 1 amide bonds. The molecular formula is C24H24BrN5O2. The van der Waals surface area contributed by atoms with Crippen LogP contribution < -0.4 is 4.74 Å². The van der Waals surface area contributed by atoms with Crippen molar-refractivity contribution in [1.82, 2.24) is 19.4 Å². The third kappa shape index (κ3) is 4.13. The normalized spacial score (nSPS) is 14.1. The summed E-state index contributed by atoms with van der Waals surface area (Å²) in [7, 11) is 0. The molecule has 0 aliphatic carbocycles. The van der Waals surface area contributed by atoms with Crippen LogP contribution in [0.25, 0.3) is 0 Å². The molecule has 1 aromatic carbocycles. The summed E-state index contributed by atoms with van der Waals surface area (Å²) in [4.78, 5) is 24.1. The van der Waals surface area contributed by atoms with Crippen LogP contribution in [-0.2, 0) is 13.0 Å². The summed E-state index contributed by atoms with van der Waals surface area (Å²) >= 11 is 3.67. The Morgan fingerprint density at radius 1 is 1.31 bits per heavy atom. The molecule has 0 spiro atoms. The minimum absolute atomic E-state index is 0.0206. The predicted octanol–water partition coefficient (Wildman–Crippen LogP) is 4.43. The lowest BCUT2D eigenvalue weighted by molar-refractivity contribution is 0.0668. The molecule has 1 unspecified atom stereocenters. The van der Waals surface area contributed by atoms with Crippen molar-refractivity contribution < 1.29 is 9.53 Å². The maximum atomic E-state index is 13.5. The molecule has 7 nitrogen and oxygen atoms in total. The van der Waals surface area contributed by atoms with Crippen molar-refractivity contribution in [3.63, 3.8) is 0 Å². The van der Waals surface area contributed by atoms with Gasteiger partial charge in [0.1, 0.15) is 23.2 Å². The number of benzene rings is 1. The third-order valence-electron chi connectivity index (χ3n) is 5.83. The molecule has 0 saturated heterocycles. The smallest absolute Gasteiger partial charge is 0.254 e. The summed E-state index contributed by atoms with van der Waals surface area (Å²) in [6.45, 7) is 7.49. The highest BCUT2D eigenvalue weighted by Crippen LogP contribution is 2.33. The number of pyridine rings is 1. The molecule has 3 aromatic rings. The lowest BCUT2D eigenvalue weighted by Gasteiger charge is -2.34. The highest BCUT2D eigenvalue weighted by Gasteiger charge is 2.31. The molecule has 2 aromatic heterocycles. The molecule has 0 N–H and O–H groups in total. The van der Waals surface area contributed by atoms with Crippen molar-refractivity contribution in [3.8, 4) is 11.8 Å². The number of halogens is 1. The number of nitriles is 1. The first-order valence-corrected chi connectivity index (χ1v) is 11.3. The number of hydrogen-bond donors (Lipinski definition) is 0. The zero-order valence-electron chi connectivity index (χ0n) is 18.3. The summed E-state index contributed by atoms with van der Waals surface area (Å²) in [6.07, 6.45) is 5.98. The Morgan fingerprint density at radius 3 is 2.81 bits per heavy atom.